The van der Waals surface area contributed by atoms with Crippen LogP contribution in [-0.2, 0) is 4.57 Å². The Labute approximate surface area is 121 Å². The van der Waals surface area contributed by atoms with E-state index in [-0.39, 0.29) is 0 Å². The van der Waals surface area contributed by atoms with Gasteiger partial charge in [-0.05, 0) is 22.3 Å². The van der Waals surface area contributed by atoms with Crippen LogP contribution >= 0.6 is 9.12 Å². The van der Waals surface area contributed by atoms with Gasteiger partial charge in [0.2, 0.25) is 0 Å². The third-order valence-electron chi connectivity index (χ3n) is 3.10. The summed E-state index contributed by atoms with van der Waals surface area (Å²) in [6, 6.07) is 29.6. The molecule has 0 aliphatic rings. The van der Waals surface area contributed by atoms with E-state index in [0.717, 1.165) is 0 Å². The maximum atomic E-state index is 8.06. The maximum absolute atomic E-state index is 8.06. The van der Waals surface area contributed by atoms with Crippen LogP contribution in [0.15, 0.2) is 84.9 Å². The van der Waals surface area contributed by atoms with Gasteiger partial charge in [-0.25, -0.2) is 0 Å². The Hall–Kier alpha value is -2.24. The van der Waals surface area contributed by atoms with Crippen LogP contribution in [0.25, 0.3) is 22.3 Å². The molecule has 0 heterocycles. The van der Waals surface area contributed by atoms with Gasteiger partial charge in [0.15, 0.2) is 0 Å². The third kappa shape index (κ3) is 3.40. The van der Waals surface area contributed by atoms with Crippen molar-refractivity contribution in [2.24, 2.45) is 0 Å². The van der Waals surface area contributed by atoms with Gasteiger partial charge in [0.25, 0.3) is 0 Å². The highest BCUT2D eigenvalue weighted by Crippen LogP contribution is 2.24. The van der Waals surface area contributed by atoms with Crippen LogP contribution in [0, 0.1) is 0 Å². The smallest absolute Gasteiger partial charge is 0.138 e. The van der Waals surface area contributed by atoms with Crippen LogP contribution in [0.3, 0.4) is 0 Å². The summed E-state index contributed by atoms with van der Waals surface area (Å²) in [4.78, 5) is 0. The van der Waals surface area contributed by atoms with E-state index < -0.39 is 0 Å². The predicted octanol–water partition coefficient (Wildman–Crippen LogP) is 5.50. The molecular weight excluding hydrogens is 263 g/mol. The lowest BCUT2D eigenvalue weighted by Crippen LogP contribution is -1.79. The summed E-state index contributed by atoms with van der Waals surface area (Å²) in [5, 5.41) is 0. The number of hydrogen-bond donors (Lipinski definition) is 0. The van der Waals surface area contributed by atoms with Gasteiger partial charge < -0.3 is 0 Å². The van der Waals surface area contributed by atoms with Crippen LogP contribution < -0.4 is 0 Å². The molecular formula is C18H15OP. The van der Waals surface area contributed by atoms with E-state index in [1.165, 1.54) is 22.3 Å². The molecule has 0 unspecified atom stereocenters. The molecule has 0 saturated carbocycles. The summed E-state index contributed by atoms with van der Waals surface area (Å²) in [5.41, 5.74) is 5.04. The number of rotatable bonds is 2. The molecule has 0 saturated heterocycles. The highest BCUT2D eigenvalue weighted by molar-refractivity contribution is 7.00. The quantitative estimate of drug-likeness (QED) is 0.566. The van der Waals surface area contributed by atoms with Crippen molar-refractivity contribution in [3.05, 3.63) is 84.9 Å². The molecule has 0 amide bonds. The molecule has 1 nitrogen and oxygen atoms in total. The zero-order chi connectivity index (χ0) is 14.2. The third-order valence-corrected chi connectivity index (χ3v) is 3.10. The van der Waals surface area contributed by atoms with Gasteiger partial charge in [-0.1, -0.05) is 84.9 Å². The zero-order valence-corrected chi connectivity index (χ0v) is 12.0. The Kier molecular flexibility index (Phi) is 5.23. The minimum atomic E-state index is 1.26. The van der Waals surface area contributed by atoms with Crippen molar-refractivity contribution in [2.75, 3.05) is 0 Å². The monoisotopic (exact) mass is 278 g/mol. The molecule has 0 bridgehead atoms. The lowest BCUT2D eigenvalue weighted by atomic mass is 10.0. The van der Waals surface area contributed by atoms with Crippen molar-refractivity contribution in [3.63, 3.8) is 0 Å². The second-order valence-electron chi connectivity index (χ2n) is 4.31. The second kappa shape index (κ2) is 7.37. The van der Waals surface area contributed by atoms with E-state index in [2.05, 4.69) is 72.8 Å². The summed E-state index contributed by atoms with van der Waals surface area (Å²) >= 11 is 0. The average Bonchev–Trinajstić information content (AvgIpc) is 2.58. The summed E-state index contributed by atoms with van der Waals surface area (Å²) in [6.07, 6.45) is 0. The molecule has 3 aromatic carbocycles. The number of benzene rings is 3. The van der Waals surface area contributed by atoms with Gasteiger partial charge in [0.1, 0.15) is 9.12 Å². The van der Waals surface area contributed by atoms with Crippen LogP contribution in [0.5, 0.6) is 0 Å². The molecule has 0 aromatic heterocycles. The standard InChI is InChI=1S/C18H14.HOP/c1-3-7-15(8-4-1)17-11-13-18(14-12-17)16-9-5-2-6-10-16;1-2/h1-14H;2H. The average molecular weight is 278 g/mol. The molecule has 0 spiro atoms. The van der Waals surface area contributed by atoms with Gasteiger partial charge in [-0.2, -0.15) is 0 Å². The highest BCUT2D eigenvalue weighted by Gasteiger charge is 1.98. The van der Waals surface area contributed by atoms with Crippen LogP contribution in [0.1, 0.15) is 0 Å². The molecule has 3 rings (SSSR count). The van der Waals surface area contributed by atoms with Crippen molar-refractivity contribution in [1.82, 2.24) is 0 Å². The fraction of sp³-hybridized carbons (Fsp3) is 0. The highest BCUT2D eigenvalue weighted by atomic mass is 31.0. The SMILES string of the molecule is O=P.c1ccc(-c2ccc(-c3ccccc3)cc2)cc1. The molecule has 0 aliphatic heterocycles. The summed E-state index contributed by atoms with van der Waals surface area (Å²) in [7, 11) is 1.72. The van der Waals surface area contributed by atoms with Crippen molar-refractivity contribution in [2.45, 2.75) is 0 Å². The fourth-order valence-corrected chi connectivity index (χ4v) is 2.12. The fourth-order valence-electron chi connectivity index (χ4n) is 2.12. The molecule has 0 atom stereocenters. The van der Waals surface area contributed by atoms with Crippen molar-refractivity contribution >= 4 is 9.12 Å². The van der Waals surface area contributed by atoms with Crippen LogP contribution in [0.2, 0.25) is 0 Å². The Balaban J connectivity index is 0.000000704. The van der Waals surface area contributed by atoms with Gasteiger partial charge in [0.05, 0.1) is 0 Å². The van der Waals surface area contributed by atoms with Crippen molar-refractivity contribution < 1.29 is 4.57 Å². The van der Waals surface area contributed by atoms with E-state index in [9.17, 15) is 0 Å². The molecule has 0 N–H and O–H groups in total. The normalized spacial score (nSPS) is 9.40. The van der Waals surface area contributed by atoms with Crippen molar-refractivity contribution in [1.29, 1.82) is 0 Å². The molecule has 20 heavy (non-hydrogen) atoms. The lowest BCUT2D eigenvalue weighted by Gasteiger charge is -2.04. The minimum absolute atomic E-state index is 1.26. The molecule has 0 fully saturated rings. The lowest BCUT2D eigenvalue weighted by molar-refractivity contribution is 0.607. The van der Waals surface area contributed by atoms with E-state index in [0.29, 0.717) is 0 Å². The summed E-state index contributed by atoms with van der Waals surface area (Å²) < 4.78 is 8.06. The first-order valence-corrected chi connectivity index (χ1v) is 6.76. The Morgan fingerprint density at radius 2 is 0.650 bits per heavy atom. The first kappa shape index (κ1) is 14.2. The van der Waals surface area contributed by atoms with Gasteiger partial charge >= 0.3 is 0 Å². The van der Waals surface area contributed by atoms with E-state index in [1.807, 2.05) is 12.1 Å². The van der Waals surface area contributed by atoms with E-state index >= 15 is 0 Å². The molecule has 3 aromatic rings. The molecule has 0 radical (unpaired) electrons. The van der Waals surface area contributed by atoms with Crippen LogP contribution in [-0.4, -0.2) is 0 Å². The van der Waals surface area contributed by atoms with Gasteiger partial charge in [0, 0.05) is 0 Å². The molecule has 2 heteroatoms. The first-order valence-electron chi connectivity index (χ1n) is 6.35. The Bertz CT molecular complexity index is 575. The zero-order valence-electron chi connectivity index (χ0n) is 11.0. The first-order chi connectivity index (χ1) is 9.93. The Morgan fingerprint density at radius 3 is 0.950 bits per heavy atom. The topological polar surface area (TPSA) is 17.1 Å². The van der Waals surface area contributed by atoms with E-state index in [1.54, 1.807) is 9.12 Å². The molecule has 0 aliphatic carbocycles. The van der Waals surface area contributed by atoms with Crippen LogP contribution in [0.4, 0.5) is 0 Å². The second-order valence-corrected chi connectivity index (χ2v) is 4.31. The summed E-state index contributed by atoms with van der Waals surface area (Å²) in [6.45, 7) is 0. The maximum Gasteiger partial charge on any atom is 0.138 e. The van der Waals surface area contributed by atoms with Gasteiger partial charge in [-0.15, -0.1) is 0 Å². The summed E-state index contributed by atoms with van der Waals surface area (Å²) in [5.74, 6) is 0. The largest absolute Gasteiger partial charge is 0.279 e. The Morgan fingerprint density at radius 1 is 0.400 bits per heavy atom. The predicted molar refractivity (Wildman–Crippen MR) is 86.3 cm³/mol. The van der Waals surface area contributed by atoms with Crippen molar-refractivity contribution in [3.8, 4) is 22.3 Å². The van der Waals surface area contributed by atoms with E-state index in [4.69, 9.17) is 4.57 Å². The molecule has 98 valence electrons. The van der Waals surface area contributed by atoms with Gasteiger partial charge in [-0.3, -0.25) is 4.57 Å². The minimum Gasteiger partial charge on any atom is -0.279 e. The number of hydrogen-bond acceptors (Lipinski definition) is 1.